The maximum atomic E-state index is 13.1. The third-order valence-electron chi connectivity index (χ3n) is 8.29. The highest BCUT2D eigenvalue weighted by molar-refractivity contribution is 5.98. The minimum absolute atomic E-state index is 0.00486. The molecule has 2 aliphatic carbocycles. The fraction of sp³-hybridized carbons (Fsp3) is 0.652. The highest BCUT2D eigenvalue weighted by Crippen LogP contribution is 2.66. The third kappa shape index (κ3) is 2.58. The maximum absolute atomic E-state index is 13.1. The van der Waals surface area contributed by atoms with Gasteiger partial charge in [0, 0.05) is 12.0 Å². The van der Waals surface area contributed by atoms with E-state index in [-0.39, 0.29) is 35.2 Å². The molecule has 5 heteroatoms. The number of carbonyl (C=O) groups excluding carboxylic acids is 2. The number of ether oxygens (including phenoxy) is 2. The summed E-state index contributed by atoms with van der Waals surface area (Å²) in [5.41, 5.74) is 0.315. The number of fused-ring (bicyclic) bond motifs is 2. The van der Waals surface area contributed by atoms with Gasteiger partial charge in [-0.15, -0.1) is 0 Å². The second-order valence-corrected chi connectivity index (χ2v) is 9.78. The van der Waals surface area contributed by atoms with E-state index in [1.807, 2.05) is 31.2 Å². The van der Waals surface area contributed by atoms with Crippen molar-refractivity contribution in [1.29, 1.82) is 0 Å². The Bertz CT molecular complexity index is 801. The van der Waals surface area contributed by atoms with Crippen molar-refractivity contribution < 1.29 is 19.1 Å². The topological polar surface area (TPSA) is 55.8 Å². The van der Waals surface area contributed by atoms with E-state index in [9.17, 15) is 9.59 Å². The Hall–Kier alpha value is -2.04. The summed E-state index contributed by atoms with van der Waals surface area (Å²) in [7, 11) is 1.62. The van der Waals surface area contributed by atoms with E-state index >= 15 is 0 Å². The summed E-state index contributed by atoms with van der Waals surface area (Å²) >= 11 is 0. The highest BCUT2D eigenvalue weighted by Gasteiger charge is 2.64. The van der Waals surface area contributed by atoms with Gasteiger partial charge < -0.3 is 14.4 Å². The van der Waals surface area contributed by atoms with Crippen LogP contribution in [-0.2, 0) is 20.9 Å². The number of rotatable bonds is 5. The molecule has 0 aromatic heterocycles. The first kappa shape index (κ1) is 19.3. The Morgan fingerprint density at radius 3 is 2.36 bits per heavy atom. The molecule has 1 aromatic rings. The molecule has 1 saturated heterocycles. The minimum Gasteiger partial charge on any atom is -0.497 e. The normalized spacial score (nSPS) is 35.6. The molecule has 4 atom stereocenters. The van der Waals surface area contributed by atoms with E-state index in [4.69, 9.17) is 9.47 Å². The number of carbonyl (C=O) groups is 2. The predicted octanol–water partition coefficient (Wildman–Crippen LogP) is 3.94. The SMILES string of the molecule is COc1ccc(CN2C(=O)C[C@@]2(C)C(=O)O[C@H]2C[C@@H]3CC[C@@]2(C)C3(C)C)cc1. The van der Waals surface area contributed by atoms with Crippen LogP contribution in [0.15, 0.2) is 24.3 Å². The summed E-state index contributed by atoms with van der Waals surface area (Å²) in [6.45, 7) is 9.12. The lowest BCUT2D eigenvalue weighted by Gasteiger charge is -2.49. The van der Waals surface area contributed by atoms with Gasteiger partial charge in [-0.05, 0) is 55.2 Å². The fourth-order valence-corrected chi connectivity index (χ4v) is 5.59. The van der Waals surface area contributed by atoms with E-state index < -0.39 is 5.54 Å². The molecule has 1 aliphatic heterocycles. The van der Waals surface area contributed by atoms with Crippen LogP contribution in [0.2, 0.25) is 0 Å². The molecule has 0 unspecified atom stereocenters. The molecule has 152 valence electrons. The Morgan fingerprint density at radius 1 is 1.18 bits per heavy atom. The van der Waals surface area contributed by atoms with Crippen LogP contribution in [0.5, 0.6) is 5.75 Å². The van der Waals surface area contributed by atoms with Crippen LogP contribution in [0.3, 0.4) is 0 Å². The molecule has 1 amide bonds. The van der Waals surface area contributed by atoms with E-state index in [2.05, 4.69) is 20.8 Å². The van der Waals surface area contributed by atoms with Crippen molar-refractivity contribution >= 4 is 11.9 Å². The Balaban J connectivity index is 1.47. The molecule has 2 saturated carbocycles. The van der Waals surface area contributed by atoms with Gasteiger partial charge in [-0.1, -0.05) is 32.9 Å². The molecule has 0 spiro atoms. The number of benzene rings is 1. The van der Waals surface area contributed by atoms with Gasteiger partial charge in [0.1, 0.15) is 17.4 Å². The summed E-state index contributed by atoms with van der Waals surface area (Å²) in [6.07, 6.45) is 3.44. The largest absolute Gasteiger partial charge is 0.497 e. The quantitative estimate of drug-likeness (QED) is 0.569. The molecule has 1 aromatic carbocycles. The molecular weight excluding hydrogens is 354 g/mol. The molecule has 4 rings (SSSR count). The molecule has 1 heterocycles. The second kappa shape index (κ2) is 6.23. The monoisotopic (exact) mass is 385 g/mol. The van der Waals surface area contributed by atoms with Crippen LogP contribution in [0.4, 0.5) is 0 Å². The van der Waals surface area contributed by atoms with Crippen LogP contribution in [0.25, 0.3) is 0 Å². The van der Waals surface area contributed by atoms with Crippen molar-refractivity contribution in [2.45, 2.75) is 71.6 Å². The minimum atomic E-state index is -0.876. The number of β-lactam (4-membered cyclic amide) rings is 1. The van der Waals surface area contributed by atoms with Crippen molar-refractivity contribution in [3.05, 3.63) is 29.8 Å². The van der Waals surface area contributed by atoms with Gasteiger partial charge in [0.2, 0.25) is 5.91 Å². The van der Waals surface area contributed by atoms with Crippen LogP contribution < -0.4 is 4.74 Å². The van der Waals surface area contributed by atoms with Crippen LogP contribution in [0.1, 0.15) is 58.9 Å². The lowest BCUT2D eigenvalue weighted by Crippen LogP contribution is -2.66. The predicted molar refractivity (Wildman–Crippen MR) is 106 cm³/mol. The lowest BCUT2D eigenvalue weighted by molar-refractivity contribution is -0.187. The zero-order chi connectivity index (χ0) is 20.3. The molecule has 5 nitrogen and oxygen atoms in total. The van der Waals surface area contributed by atoms with E-state index in [1.165, 1.54) is 6.42 Å². The molecule has 3 fully saturated rings. The summed E-state index contributed by atoms with van der Waals surface area (Å²) in [6, 6.07) is 7.59. The van der Waals surface area contributed by atoms with Crippen LogP contribution >= 0.6 is 0 Å². The summed E-state index contributed by atoms with van der Waals surface area (Å²) in [5, 5.41) is 0. The third-order valence-corrected chi connectivity index (χ3v) is 8.29. The molecule has 28 heavy (non-hydrogen) atoms. The first-order chi connectivity index (χ1) is 13.1. The van der Waals surface area contributed by atoms with Gasteiger partial charge in [-0.3, -0.25) is 4.79 Å². The van der Waals surface area contributed by atoms with Gasteiger partial charge in [0.15, 0.2) is 0 Å². The summed E-state index contributed by atoms with van der Waals surface area (Å²) in [4.78, 5) is 27.1. The van der Waals surface area contributed by atoms with E-state index in [1.54, 1.807) is 12.0 Å². The van der Waals surface area contributed by atoms with Gasteiger partial charge in [-0.25, -0.2) is 4.79 Å². The zero-order valence-electron chi connectivity index (χ0n) is 17.6. The van der Waals surface area contributed by atoms with Gasteiger partial charge in [-0.2, -0.15) is 0 Å². The zero-order valence-corrected chi connectivity index (χ0v) is 17.6. The van der Waals surface area contributed by atoms with Gasteiger partial charge >= 0.3 is 5.97 Å². The standard InChI is InChI=1S/C23H31NO4/c1-21(2)16-10-11-22(21,3)18(12-16)28-20(26)23(4)13-19(25)24(23)14-15-6-8-17(27-5)9-7-15/h6-9,16,18H,10-14H2,1-5H3/t16-,18-,22+,23-/m0/s1. The Kier molecular flexibility index (Phi) is 4.29. The van der Waals surface area contributed by atoms with Crippen molar-refractivity contribution in [2.75, 3.05) is 7.11 Å². The first-order valence-corrected chi connectivity index (χ1v) is 10.3. The Labute approximate surface area is 167 Å². The first-order valence-electron chi connectivity index (χ1n) is 10.3. The number of hydrogen-bond acceptors (Lipinski definition) is 4. The van der Waals surface area contributed by atoms with Crippen molar-refractivity contribution in [3.63, 3.8) is 0 Å². The smallest absolute Gasteiger partial charge is 0.332 e. The molecule has 0 N–H and O–H groups in total. The molecule has 2 bridgehead atoms. The van der Waals surface area contributed by atoms with Gasteiger partial charge in [0.25, 0.3) is 0 Å². The number of nitrogens with zero attached hydrogens (tertiary/aromatic N) is 1. The van der Waals surface area contributed by atoms with Crippen molar-refractivity contribution in [3.8, 4) is 5.75 Å². The van der Waals surface area contributed by atoms with Crippen LogP contribution in [0, 0.1) is 16.7 Å². The fourth-order valence-electron chi connectivity index (χ4n) is 5.59. The Morgan fingerprint density at radius 2 is 1.86 bits per heavy atom. The van der Waals surface area contributed by atoms with Crippen LogP contribution in [-0.4, -0.2) is 35.5 Å². The number of amides is 1. The van der Waals surface area contributed by atoms with E-state index in [0.717, 1.165) is 24.2 Å². The van der Waals surface area contributed by atoms with Crippen molar-refractivity contribution in [1.82, 2.24) is 4.90 Å². The molecular formula is C23H31NO4. The molecule has 3 aliphatic rings. The van der Waals surface area contributed by atoms with Crippen molar-refractivity contribution in [2.24, 2.45) is 16.7 Å². The number of methoxy groups -OCH3 is 1. The number of esters is 1. The maximum Gasteiger partial charge on any atom is 0.332 e. The van der Waals surface area contributed by atoms with Gasteiger partial charge in [0.05, 0.1) is 13.5 Å². The average molecular weight is 386 g/mol. The number of likely N-dealkylation sites (tertiary alicyclic amines) is 1. The average Bonchev–Trinajstić information content (AvgIpc) is 3.00. The second-order valence-electron chi connectivity index (χ2n) is 9.78. The van der Waals surface area contributed by atoms with E-state index in [0.29, 0.717) is 12.5 Å². The molecule has 0 radical (unpaired) electrons. The lowest BCUT2D eigenvalue weighted by atomic mass is 9.70. The highest BCUT2D eigenvalue weighted by atomic mass is 16.5. The summed E-state index contributed by atoms with van der Waals surface area (Å²) < 4.78 is 11.3. The summed E-state index contributed by atoms with van der Waals surface area (Å²) in [5.74, 6) is 1.12. The number of hydrogen-bond donors (Lipinski definition) is 0.